The van der Waals surface area contributed by atoms with Gasteiger partial charge in [-0.25, -0.2) is 0 Å². The number of fused-ring (bicyclic) bond motifs is 1. The summed E-state index contributed by atoms with van der Waals surface area (Å²) in [4.78, 5) is 0. The SMILES string of the molecule is CCNC(c1ccoc1)C1CCc2ccccc2C1. The largest absolute Gasteiger partial charge is 0.472 e. The molecule has 1 heterocycles. The first-order valence-corrected chi connectivity index (χ1v) is 7.20. The second-order valence-electron chi connectivity index (χ2n) is 5.36. The molecule has 2 aromatic rings. The van der Waals surface area contributed by atoms with Crippen LogP contribution in [0.4, 0.5) is 0 Å². The van der Waals surface area contributed by atoms with Crippen molar-refractivity contribution in [2.45, 2.75) is 32.2 Å². The van der Waals surface area contributed by atoms with Crippen LogP contribution in [0.3, 0.4) is 0 Å². The molecule has 1 aliphatic carbocycles. The molecular formula is C17H21NO. The van der Waals surface area contributed by atoms with Crippen LogP contribution in [0.1, 0.15) is 36.1 Å². The fourth-order valence-corrected chi connectivity index (χ4v) is 3.24. The quantitative estimate of drug-likeness (QED) is 0.900. The number of furan rings is 1. The Morgan fingerprint density at radius 2 is 2.11 bits per heavy atom. The number of aryl methyl sites for hydroxylation is 1. The van der Waals surface area contributed by atoms with Crippen molar-refractivity contribution in [3.8, 4) is 0 Å². The first kappa shape index (κ1) is 12.5. The number of hydrogen-bond donors (Lipinski definition) is 1. The van der Waals surface area contributed by atoms with Crippen LogP contribution < -0.4 is 5.32 Å². The lowest BCUT2D eigenvalue weighted by Gasteiger charge is -2.31. The van der Waals surface area contributed by atoms with Gasteiger partial charge in [-0.05, 0) is 48.9 Å². The van der Waals surface area contributed by atoms with Gasteiger partial charge in [0, 0.05) is 11.6 Å². The molecule has 0 saturated heterocycles. The molecule has 3 rings (SSSR count). The lowest BCUT2D eigenvalue weighted by molar-refractivity contribution is 0.329. The van der Waals surface area contributed by atoms with E-state index in [0.717, 1.165) is 6.54 Å². The highest BCUT2D eigenvalue weighted by atomic mass is 16.3. The van der Waals surface area contributed by atoms with Crippen molar-refractivity contribution in [3.63, 3.8) is 0 Å². The van der Waals surface area contributed by atoms with Crippen molar-refractivity contribution in [2.24, 2.45) is 5.92 Å². The molecule has 2 atom stereocenters. The summed E-state index contributed by atoms with van der Waals surface area (Å²) in [7, 11) is 0. The molecule has 2 nitrogen and oxygen atoms in total. The molecule has 0 spiro atoms. The first-order chi connectivity index (χ1) is 9.38. The van der Waals surface area contributed by atoms with Crippen molar-refractivity contribution in [3.05, 3.63) is 59.5 Å². The summed E-state index contributed by atoms with van der Waals surface area (Å²) in [6.45, 7) is 3.16. The molecule has 0 saturated carbocycles. The van der Waals surface area contributed by atoms with Crippen LogP contribution in [0.5, 0.6) is 0 Å². The number of hydrogen-bond acceptors (Lipinski definition) is 2. The van der Waals surface area contributed by atoms with Gasteiger partial charge in [0.1, 0.15) is 0 Å². The smallest absolute Gasteiger partial charge is 0.0950 e. The second kappa shape index (κ2) is 5.62. The van der Waals surface area contributed by atoms with Gasteiger partial charge < -0.3 is 9.73 Å². The zero-order valence-corrected chi connectivity index (χ0v) is 11.4. The molecule has 19 heavy (non-hydrogen) atoms. The van der Waals surface area contributed by atoms with E-state index in [1.807, 2.05) is 6.26 Å². The third-order valence-corrected chi connectivity index (χ3v) is 4.18. The maximum Gasteiger partial charge on any atom is 0.0950 e. The molecule has 2 unspecified atom stereocenters. The molecule has 1 aliphatic rings. The third kappa shape index (κ3) is 2.59. The molecule has 0 aliphatic heterocycles. The van der Waals surface area contributed by atoms with Crippen LogP contribution in [-0.4, -0.2) is 6.54 Å². The summed E-state index contributed by atoms with van der Waals surface area (Å²) in [6, 6.07) is 11.4. The van der Waals surface area contributed by atoms with Crippen molar-refractivity contribution in [1.82, 2.24) is 5.32 Å². The van der Waals surface area contributed by atoms with E-state index < -0.39 is 0 Å². The fourth-order valence-electron chi connectivity index (χ4n) is 3.24. The topological polar surface area (TPSA) is 25.2 Å². The van der Waals surface area contributed by atoms with Gasteiger partial charge in [-0.2, -0.15) is 0 Å². The summed E-state index contributed by atoms with van der Waals surface area (Å²) in [5.74, 6) is 0.660. The van der Waals surface area contributed by atoms with Crippen molar-refractivity contribution in [2.75, 3.05) is 6.54 Å². The van der Waals surface area contributed by atoms with E-state index in [-0.39, 0.29) is 0 Å². The van der Waals surface area contributed by atoms with E-state index in [0.29, 0.717) is 12.0 Å². The molecule has 1 N–H and O–H groups in total. The first-order valence-electron chi connectivity index (χ1n) is 7.20. The molecule has 100 valence electrons. The lowest BCUT2D eigenvalue weighted by atomic mass is 9.78. The maximum atomic E-state index is 5.26. The molecule has 0 radical (unpaired) electrons. The zero-order chi connectivity index (χ0) is 13.1. The molecule has 0 fully saturated rings. The van der Waals surface area contributed by atoms with Crippen molar-refractivity contribution in [1.29, 1.82) is 0 Å². The van der Waals surface area contributed by atoms with Gasteiger partial charge in [0.2, 0.25) is 0 Å². The fraction of sp³-hybridized carbons (Fsp3) is 0.412. The Kier molecular flexibility index (Phi) is 3.69. The predicted molar refractivity (Wildman–Crippen MR) is 77.1 cm³/mol. The minimum atomic E-state index is 0.414. The second-order valence-corrected chi connectivity index (χ2v) is 5.36. The average molecular weight is 255 g/mol. The zero-order valence-electron chi connectivity index (χ0n) is 11.4. The van der Waals surface area contributed by atoms with Gasteiger partial charge in [0.25, 0.3) is 0 Å². The van der Waals surface area contributed by atoms with Crippen LogP contribution in [0, 0.1) is 5.92 Å². The third-order valence-electron chi connectivity index (χ3n) is 4.18. The highest BCUT2D eigenvalue weighted by Crippen LogP contribution is 2.34. The Morgan fingerprint density at radius 3 is 2.84 bits per heavy atom. The molecule has 0 bridgehead atoms. The van der Waals surface area contributed by atoms with E-state index in [1.165, 1.54) is 36.0 Å². The summed E-state index contributed by atoms with van der Waals surface area (Å²) in [6.07, 6.45) is 7.27. The van der Waals surface area contributed by atoms with Gasteiger partial charge in [0.05, 0.1) is 12.5 Å². The highest BCUT2D eigenvalue weighted by molar-refractivity contribution is 5.30. The number of nitrogens with one attached hydrogen (secondary N) is 1. The summed E-state index contributed by atoms with van der Waals surface area (Å²) >= 11 is 0. The molecular weight excluding hydrogens is 234 g/mol. The Labute approximate surface area is 114 Å². The summed E-state index contributed by atoms with van der Waals surface area (Å²) in [5, 5.41) is 3.63. The minimum absolute atomic E-state index is 0.414. The van der Waals surface area contributed by atoms with Crippen LogP contribution in [0.25, 0.3) is 0 Å². The van der Waals surface area contributed by atoms with E-state index >= 15 is 0 Å². The predicted octanol–water partition coefficient (Wildman–Crippen LogP) is 3.74. The van der Waals surface area contributed by atoms with Gasteiger partial charge in [0.15, 0.2) is 0 Å². The van der Waals surface area contributed by atoms with Crippen molar-refractivity contribution < 1.29 is 4.42 Å². The Hall–Kier alpha value is -1.54. The van der Waals surface area contributed by atoms with Crippen LogP contribution in [-0.2, 0) is 12.8 Å². The van der Waals surface area contributed by atoms with E-state index in [9.17, 15) is 0 Å². The highest BCUT2D eigenvalue weighted by Gasteiger charge is 2.27. The summed E-state index contributed by atoms with van der Waals surface area (Å²) < 4.78 is 5.26. The van der Waals surface area contributed by atoms with Crippen LogP contribution in [0.2, 0.25) is 0 Å². The van der Waals surface area contributed by atoms with Crippen LogP contribution >= 0.6 is 0 Å². The van der Waals surface area contributed by atoms with E-state index in [1.54, 1.807) is 6.26 Å². The molecule has 1 aromatic heterocycles. The van der Waals surface area contributed by atoms with Gasteiger partial charge >= 0.3 is 0 Å². The molecule has 0 amide bonds. The van der Waals surface area contributed by atoms with E-state index in [4.69, 9.17) is 4.42 Å². The maximum absolute atomic E-state index is 5.26. The van der Waals surface area contributed by atoms with Gasteiger partial charge in [-0.1, -0.05) is 31.2 Å². The molecule has 2 heteroatoms. The standard InChI is InChI=1S/C17H21NO/c1-2-18-17(16-9-10-19-12-16)15-8-7-13-5-3-4-6-14(13)11-15/h3-6,9-10,12,15,17-18H,2,7-8,11H2,1H3. The van der Waals surface area contributed by atoms with Crippen molar-refractivity contribution >= 4 is 0 Å². The lowest BCUT2D eigenvalue weighted by Crippen LogP contribution is -2.31. The van der Waals surface area contributed by atoms with Gasteiger partial charge in [-0.15, -0.1) is 0 Å². The minimum Gasteiger partial charge on any atom is -0.472 e. The number of rotatable bonds is 4. The van der Waals surface area contributed by atoms with E-state index in [2.05, 4.69) is 42.6 Å². The monoisotopic (exact) mass is 255 g/mol. The molecule has 1 aromatic carbocycles. The van der Waals surface area contributed by atoms with Gasteiger partial charge in [-0.3, -0.25) is 0 Å². The number of benzene rings is 1. The van der Waals surface area contributed by atoms with Crippen LogP contribution in [0.15, 0.2) is 47.3 Å². The average Bonchev–Trinajstić information content (AvgIpc) is 2.98. The Balaban J connectivity index is 1.82. The normalized spacial score (nSPS) is 19.9. The summed E-state index contributed by atoms with van der Waals surface area (Å²) in [5.41, 5.74) is 4.33. The Morgan fingerprint density at radius 1 is 1.26 bits per heavy atom. The Bertz CT molecular complexity index is 518.